The quantitative estimate of drug-likeness (QED) is 0.333. The van der Waals surface area contributed by atoms with Gasteiger partial charge in [-0.25, -0.2) is 18.1 Å². The average molecular weight is 766 g/mol. The van der Waals surface area contributed by atoms with Crippen molar-refractivity contribution in [1.29, 1.82) is 0 Å². The van der Waals surface area contributed by atoms with Crippen LogP contribution >= 0.6 is 11.6 Å². The lowest BCUT2D eigenvalue weighted by molar-refractivity contribution is -0.0953. The molecule has 2 fully saturated rings. The van der Waals surface area contributed by atoms with E-state index in [1.54, 1.807) is 31.3 Å². The van der Waals surface area contributed by atoms with Crippen molar-refractivity contribution >= 4 is 33.2 Å². The van der Waals surface area contributed by atoms with Gasteiger partial charge < -0.3 is 24.0 Å². The number of ether oxygens (including phenoxy) is 2. The first kappa shape index (κ1) is 37.9. The maximum absolute atomic E-state index is 13.6. The van der Waals surface area contributed by atoms with Crippen LogP contribution in [0.25, 0.3) is 0 Å². The van der Waals surface area contributed by atoms with E-state index in [-0.39, 0.29) is 29.4 Å². The minimum atomic E-state index is -4.01. The molecule has 3 aliphatic heterocycles. The van der Waals surface area contributed by atoms with Crippen LogP contribution in [0.5, 0.6) is 5.75 Å². The number of hydrogen-bond acceptors (Lipinski definition) is 9. The molecule has 2 bridgehead atoms. The molecule has 2 aromatic carbocycles. The number of anilines is 1. The van der Waals surface area contributed by atoms with Crippen molar-refractivity contribution in [2.75, 3.05) is 44.3 Å². The molecule has 4 heterocycles. The second-order valence-electron chi connectivity index (χ2n) is 15.5. The van der Waals surface area contributed by atoms with Crippen LogP contribution in [-0.4, -0.2) is 90.2 Å². The Kier molecular flexibility index (Phi) is 11.5. The summed E-state index contributed by atoms with van der Waals surface area (Å²) in [6.45, 7) is 8.21. The molecular weight excluding hydrogens is 714 g/mol. The van der Waals surface area contributed by atoms with E-state index in [1.807, 2.05) is 49.8 Å². The molecule has 2 N–H and O–H groups in total. The molecule has 53 heavy (non-hydrogen) atoms. The average Bonchev–Trinajstić information content (AvgIpc) is 3.62. The first-order valence-corrected chi connectivity index (χ1v) is 20.9. The van der Waals surface area contributed by atoms with E-state index in [4.69, 9.17) is 21.1 Å². The summed E-state index contributed by atoms with van der Waals surface area (Å²) in [5.74, 6) is -0.195. The number of nitrogens with one attached hydrogen (secondary N) is 1. The van der Waals surface area contributed by atoms with Gasteiger partial charge in [0.05, 0.1) is 42.1 Å². The van der Waals surface area contributed by atoms with Crippen LogP contribution in [0.3, 0.4) is 0 Å². The maximum Gasteiger partial charge on any atom is 0.264 e. The van der Waals surface area contributed by atoms with E-state index in [1.165, 1.54) is 0 Å². The largest absolute Gasteiger partial charge is 0.487 e. The molecule has 0 unspecified atom stereocenters. The molecule has 13 heteroatoms. The van der Waals surface area contributed by atoms with E-state index < -0.39 is 26.8 Å². The molecule has 1 saturated heterocycles. The molecule has 0 spiro atoms. The van der Waals surface area contributed by atoms with E-state index in [0.29, 0.717) is 69.7 Å². The number of hydrogen-bond donors (Lipinski definition) is 2. The van der Waals surface area contributed by atoms with Gasteiger partial charge >= 0.3 is 0 Å². The van der Waals surface area contributed by atoms with Gasteiger partial charge in [0.15, 0.2) is 0 Å². The van der Waals surface area contributed by atoms with Crippen molar-refractivity contribution in [3.63, 3.8) is 0 Å². The van der Waals surface area contributed by atoms with E-state index in [0.717, 1.165) is 48.9 Å². The number of morpholine rings is 1. The van der Waals surface area contributed by atoms with Crippen LogP contribution in [0.4, 0.5) is 5.69 Å². The number of aryl methyl sites for hydroxylation is 1. The second kappa shape index (κ2) is 16.1. The van der Waals surface area contributed by atoms with Crippen LogP contribution in [0, 0.1) is 17.8 Å². The summed E-state index contributed by atoms with van der Waals surface area (Å²) >= 11 is 6.39. The van der Waals surface area contributed by atoms with Gasteiger partial charge in [-0.05, 0) is 105 Å². The van der Waals surface area contributed by atoms with Gasteiger partial charge in [-0.15, -0.1) is 0 Å². The Labute approximate surface area is 318 Å². The maximum atomic E-state index is 13.6. The highest BCUT2D eigenvalue weighted by Gasteiger charge is 2.47. The predicted octanol–water partition coefficient (Wildman–Crippen LogP) is 5.46. The van der Waals surface area contributed by atoms with Gasteiger partial charge in [-0.3, -0.25) is 9.69 Å². The molecule has 3 aromatic rings. The number of imidazole rings is 1. The molecule has 1 aliphatic carbocycles. The summed E-state index contributed by atoms with van der Waals surface area (Å²) in [6.07, 6.45) is 14.4. The lowest BCUT2D eigenvalue weighted by atomic mass is 9.64. The van der Waals surface area contributed by atoms with Crippen LogP contribution in [0.15, 0.2) is 67.3 Å². The number of carbonyl (C=O) groups excluding carboxylic acids is 1. The van der Waals surface area contributed by atoms with Crippen molar-refractivity contribution in [2.24, 2.45) is 17.8 Å². The molecule has 7 rings (SSSR count). The zero-order chi connectivity index (χ0) is 37.2. The van der Waals surface area contributed by atoms with Gasteiger partial charge in [0, 0.05) is 55.7 Å². The van der Waals surface area contributed by atoms with Crippen molar-refractivity contribution in [1.82, 2.24) is 19.2 Å². The molecular formula is C40H52ClN5O6S. The van der Waals surface area contributed by atoms with Gasteiger partial charge in [0.25, 0.3) is 5.91 Å². The molecule has 1 saturated carbocycles. The number of benzene rings is 2. The molecule has 0 radical (unpaired) electrons. The summed E-state index contributed by atoms with van der Waals surface area (Å²) < 4.78 is 44.0. The first-order valence-electron chi connectivity index (χ1n) is 19.0. The molecule has 6 atom stereocenters. The van der Waals surface area contributed by atoms with Gasteiger partial charge in [0.2, 0.25) is 10.0 Å². The fraction of sp³-hybridized carbons (Fsp3) is 0.550. The first-order chi connectivity index (χ1) is 25.5. The third kappa shape index (κ3) is 8.62. The Bertz CT molecular complexity index is 1890. The molecule has 11 nitrogen and oxygen atoms in total. The SMILES string of the molecule is C[C@@H]1[C@@H](C)C/C=C/[C@@](O)(CN2CCOC[C@@H]2Cn2ccnc2)[C@@H]2CC[C@H]2CN2CCCCc3cc(Cl)ccc3COc3ccc(cc32)C(=O)NS1(=O)=O. The summed E-state index contributed by atoms with van der Waals surface area (Å²) in [5.41, 5.74) is 2.07. The molecule has 286 valence electrons. The highest BCUT2D eigenvalue weighted by molar-refractivity contribution is 7.90. The predicted molar refractivity (Wildman–Crippen MR) is 206 cm³/mol. The van der Waals surface area contributed by atoms with E-state index >= 15 is 0 Å². The standard InChI is InChI=1S/C40H52ClN5O6S/c1-28-6-5-14-40(48,26-46-18-19-51-25-35(46)23-44-17-15-42-27-44)36-12-9-32(36)22-45-16-4-3-7-30-20-34(41)11-8-33(30)24-52-38-13-10-31(21-37(38)45)39(47)43-53(49,50)29(28)2/h5,8,10-11,13-15,17,20-21,27-29,32,35-36,48H,3-4,6-7,9,12,16,18-19,22-26H2,1-2H3,(H,43,47)/b14-5+/t28-,29+,32-,35-,36+,40+/m0/s1. The summed E-state index contributed by atoms with van der Waals surface area (Å²) in [7, 11) is -4.01. The lowest BCUT2D eigenvalue weighted by Crippen LogP contribution is -2.59. The number of allylic oxidation sites excluding steroid dienone is 1. The number of carbonyl (C=O) groups is 1. The number of halogens is 1. The number of nitrogens with zero attached hydrogens (tertiary/aromatic N) is 4. The normalized spacial score (nSPS) is 30.4. The van der Waals surface area contributed by atoms with Crippen LogP contribution in [0.1, 0.15) is 67.4 Å². The Hall–Kier alpha value is -3.42. The number of amides is 1. The Morgan fingerprint density at radius 2 is 1.96 bits per heavy atom. The summed E-state index contributed by atoms with van der Waals surface area (Å²) in [4.78, 5) is 22.5. The van der Waals surface area contributed by atoms with Gasteiger partial charge in [-0.2, -0.15) is 0 Å². The van der Waals surface area contributed by atoms with Gasteiger partial charge in [0.1, 0.15) is 12.4 Å². The third-order valence-electron chi connectivity index (χ3n) is 12.0. The fourth-order valence-corrected chi connectivity index (χ4v) is 9.88. The monoisotopic (exact) mass is 765 g/mol. The second-order valence-corrected chi connectivity index (χ2v) is 18.0. The van der Waals surface area contributed by atoms with Crippen LogP contribution < -0.4 is 14.4 Å². The summed E-state index contributed by atoms with van der Waals surface area (Å²) in [5, 5.41) is 12.7. The Balaban J connectivity index is 1.24. The molecule has 4 aliphatic rings. The van der Waals surface area contributed by atoms with Crippen molar-refractivity contribution < 1.29 is 27.8 Å². The smallest absolute Gasteiger partial charge is 0.264 e. The van der Waals surface area contributed by atoms with Crippen molar-refractivity contribution in [3.05, 3.63) is 89.0 Å². The molecule has 1 aromatic heterocycles. The number of aromatic nitrogens is 2. The van der Waals surface area contributed by atoms with E-state index in [9.17, 15) is 18.3 Å². The third-order valence-corrected chi connectivity index (χ3v) is 14.1. The Morgan fingerprint density at radius 3 is 2.75 bits per heavy atom. The fourth-order valence-electron chi connectivity index (χ4n) is 8.40. The zero-order valence-corrected chi connectivity index (χ0v) is 32.3. The minimum absolute atomic E-state index is 0.0275. The van der Waals surface area contributed by atoms with Crippen LogP contribution in [0.2, 0.25) is 5.02 Å². The number of β-amino-alcohol motifs (C(OH)–C–C–N with tert-alkyl or cyclic N) is 1. The molecule has 1 amide bonds. The number of rotatable bonds is 4. The number of fused-ring (bicyclic) bond motifs is 3. The highest BCUT2D eigenvalue weighted by atomic mass is 35.5. The van der Waals surface area contributed by atoms with Crippen molar-refractivity contribution in [3.8, 4) is 5.75 Å². The van der Waals surface area contributed by atoms with E-state index in [2.05, 4.69) is 24.1 Å². The summed E-state index contributed by atoms with van der Waals surface area (Å²) in [6, 6.07) is 11.2. The Morgan fingerprint density at radius 1 is 1.09 bits per heavy atom. The lowest BCUT2D eigenvalue weighted by Gasteiger charge is -2.50. The van der Waals surface area contributed by atoms with Crippen molar-refractivity contribution in [2.45, 2.75) is 82.4 Å². The number of aliphatic hydroxyl groups is 1. The van der Waals surface area contributed by atoms with Crippen LogP contribution in [-0.2, 0) is 34.3 Å². The minimum Gasteiger partial charge on any atom is -0.487 e. The highest BCUT2D eigenvalue weighted by Crippen LogP contribution is 2.45. The number of sulfonamides is 1. The van der Waals surface area contributed by atoms with Gasteiger partial charge in [-0.1, -0.05) is 36.7 Å². The zero-order valence-electron chi connectivity index (χ0n) is 30.7. The topological polar surface area (TPSA) is 126 Å².